The van der Waals surface area contributed by atoms with E-state index in [1.807, 2.05) is 45.1 Å². The van der Waals surface area contributed by atoms with E-state index in [4.69, 9.17) is 0 Å². The molecule has 0 fully saturated rings. The minimum absolute atomic E-state index is 0.273. The molecule has 42 heavy (non-hydrogen) atoms. The zero-order valence-electron chi connectivity index (χ0n) is 28.2. The third kappa shape index (κ3) is 15.3. The van der Waals surface area contributed by atoms with Gasteiger partial charge in [0.1, 0.15) is 6.10 Å². The highest BCUT2D eigenvalue weighted by atomic mass is 16.3. The largest absolute Gasteiger partial charge is 0.387 e. The maximum atomic E-state index is 10.5. The lowest BCUT2D eigenvalue weighted by atomic mass is 9.72. The lowest BCUT2D eigenvalue weighted by molar-refractivity contribution is -0.0427. The Balaban J connectivity index is 2.62. The molecule has 0 saturated heterocycles. The molecule has 0 saturated carbocycles. The van der Waals surface area contributed by atoms with Crippen molar-refractivity contribution in [2.24, 2.45) is 5.41 Å². The molecule has 0 amide bonds. The summed E-state index contributed by atoms with van der Waals surface area (Å²) in [6.45, 7) is 21.1. The second kappa shape index (κ2) is 18.6. The van der Waals surface area contributed by atoms with Gasteiger partial charge in [0, 0.05) is 0 Å². The molecule has 1 aliphatic rings. The first-order valence-electron chi connectivity index (χ1n) is 15.5. The molecule has 2 heteroatoms. The van der Waals surface area contributed by atoms with Gasteiger partial charge in [-0.25, -0.2) is 0 Å². The summed E-state index contributed by atoms with van der Waals surface area (Å²) in [7, 11) is 0. The van der Waals surface area contributed by atoms with Gasteiger partial charge in [-0.3, -0.25) is 0 Å². The molecule has 0 aromatic carbocycles. The molecule has 0 aromatic heterocycles. The van der Waals surface area contributed by atoms with Gasteiger partial charge >= 0.3 is 0 Å². The zero-order chi connectivity index (χ0) is 31.8. The summed E-state index contributed by atoms with van der Waals surface area (Å²) in [4.78, 5) is 0. The van der Waals surface area contributed by atoms with E-state index in [9.17, 15) is 10.2 Å². The molecule has 0 aliphatic heterocycles. The molecule has 1 aliphatic carbocycles. The minimum atomic E-state index is -1.15. The predicted molar refractivity (Wildman–Crippen MR) is 186 cm³/mol. The van der Waals surface area contributed by atoms with Gasteiger partial charge in [-0.05, 0) is 98.5 Å². The molecule has 2 nitrogen and oxygen atoms in total. The van der Waals surface area contributed by atoms with Crippen LogP contribution in [0.3, 0.4) is 0 Å². The van der Waals surface area contributed by atoms with Gasteiger partial charge in [-0.15, -0.1) is 0 Å². The average molecular weight is 571 g/mol. The fourth-order valence-electron chi connectivity index (χ4n) is 4.82. The van der Waals surface area contributed by atoms with Crippen LogP contribution in [-0.2, 0) is 0 Å². The van der Waals surface area contributed by atoms with E-state index in [1.54, 1.807) is 13.0 Å². The topological polar surface area (TPSA) is 40.5 Å². The standard InChI is InChI=1S/C40H58O2/c1-31(2)17-15-30-40(10,42)38(41)28-26-35(6)23-14-21-33(4)19-12-11-18-32(3)20-13-22-34(5)25-27-37-36(7)24-16-29-39(37,8)9/h11-14,17-23,25-28,38,41-42H,15-16,24,29-30H2,1-10H3/b12-11+,20-13+,21-14+,27-25+,28-26+,32-18+,33-19+,34-22+,35-23+/t38-,40-/m1/s1. The van der Waals surface area contributed by atoms with Gasteiger partial charge < -0.3 is 10.2 Å². The van der Waals surface area contributed by atoms with Crippen LogP contribution >= 0.6 is 0 Å². The molecule has 230 valence electrons. The van der Waals surface area contributed by atoms with Crippen LogP contribution in [0.4, 0.5) is 0 Å². The summed E-state index contributed by atoms with van der Waals surface area (Å²) in [5, 5.41) is 20.9. The average Bonchev–Trinajstić information content (AvgIpc) is 2.88. The summed E-state index contributed by atoms with van der Waals surface area (Å²) in [6.07, 6.45) is 35.0. The lowest BCUT2D eigenvalue weighted by Gasteiger charge is -2.32. The first-order valence-corrected chi connectivity index (χ1v) is 15.5. The summed E-state index contributed by atoms with van der Waals surface area (Å²) < 4.78 is 0. The first kappa shape index (κ1) is 37.1. The molecule has 0 spiro atoms. The summed E-state index contributed by atoms with van der Waals surface area (Å²) in [5.41, 5.74) is 7.95. The van der Waals surface area contributed by atoms with E-state index >= 15 is 0 Å². The monoisotopic (exact) mass is 570 g/mol. The number of rotatable bonds is 14. The fourth-order valence-corrected chi connectivity index (χ4v) is 4.82. The lowest BCUT2D eigenvalue weighted by Crippen LogP contribution is -2.37. The van der Waals surface area contributed by atoms with Crippen molar-refractivity contribution in [3.8, 4) is 0 Å². The Morgan fingerprint density at radius 1 is 0.810 bits per heavy atom. The Bertz CT molecular complexity index is 1210. The predicted octanol–water partition coefficient (Wildman–Crippen LogP) is 10.9. The van der Waals surface area contributed by atoms with Crippen LogP contribution in [0.2, 0.25) is 0 Å². The van der Waals surface area contributed by atoms with E-state index in [0.29, 0.717) is 6.42 Å². The Morgan fingerprint density at radius 2 is 1.31 bits per heavy atom. The first-order chi connectivity index (χ1) is 19.6. The summed E-state index contributed by atoms with van der Waals surface area (Å²) in [6, 6.07) is 0. The third-order valence-corrected chi connectivity index (χ3v) is 7.70. The van der Waals surface area contributed by atoms with Crippen molar-refractivity contribution in [1.82, 2.24) is 0 Å². The molecular weight excluding hydrogens is 512 g/mol. The van der Waals surface area contributed by atoms with Crippen molar-refractivity contribution < 1.29 is 10.2 Å². The van der Waals surface area contributed by atoms with E-state index < -0.39 is 11.7 Å². The quantitative estimate of drug-likeness (QED) is 0.161. The number of aliphatic hydroxyl groups excluding tert-OH is 1. The van der Waals surface area contributed by atoms with Crippen LogP contribution in [0.15, 0.2) is 130 Å². The van der Waals surface area contributed by atoms with Crippen LogP contribution in [0, 0.1) is 5.41 Å². The van der Waals surface area contributed by atoms with E-state index in [0.717, 1.165) is 17.6 Å². The Hall–Kier alpha value is -2.94. The summed E-state index contributed by atoms with van der Waals surface area (Å²) >= 11 is 0. The second-order valence-corrected chi connectivity index (χ2v) is 13.0. The van der Waals surface area contributed by atoms with Gasteiger partial charge in [0.25, 0.3) is 0 Å². The molecule has 0 bridgehead atoms. The smallest absolute Gasteiger partial charge is 0.101 e. The maximum absolute atomic E-state index is 10.5. The highest BCUT2D eigenvalue weighted by Gasteiger charge is 2.27. The van der Waals surface area contributed by atoms with Crippen molar-refractivity contribution in [3.63, 3.8) is 0 Å². The molecule has 0 aromatic rings. The second-order valence-electron chi connectivity index (χ2n) is 13.0. The van der Waals surface area contributed by atoms with Crippen LogP contribution < -0.4 is 0 Å². The molecule has 0 heterocycles. The fraction of sp³-hybridized carbons (Fsp3) is 0.450. The summed E-state index contributed by atoms with van der Waals surface area (Å²) in [5.74, 6) is 0. The van der Waals surface area contributed by atoms with Crippen molar-refractivity contribution in [2.75, 3.05) is 0 Å². The van der Waals surface area contributed by atoms with Gasteiger partial charge in [0.05, 0.1) is 5.60 Å². The van der Waals surface area contributed by atoms with Crippen LogP contribution in [-0.4, -0.2) is 21.9 Å². The van der Waals surface area contributed by atoms with Gasteiger partial charge in [0.15, 0.2) is 0 Å². The van der Waals surface area contributed by atoms with Crippen molar-refractivity contribution >= 4 is 0 Å². The highest BCUT2D eigenvalue weighted by Crippen LogP contribution is 2.40. The molecule has 1 rings (SSSR count). The Morgan fingerprint density at radius 3 is 1.83 bits per heavy atom. The number of aliphatic hydroxyl groups is 2. The number of hydrogen-bond acceptors (Lipinski definition) is 2. The number of allylic oxidation sites excluding steroid dienone is 21. The van der Waals surface area contributed by atoms with E-state index in [1.165, 1.54) is 47.1 Å². The minimum Gasteiger partial charge on any atom is -0.387 e. The maximum Gasteiger partial charge on any atom is 0.101 e. The SMILES string of the molecule is CC(C)=CCC[C@@](C)(O)[C@H](O)/C=C/C(C)=C/C=C/C(C)=C/C=C/C=C(C)/C=C/C=C(C)/C=C/C1=C(C)CCCC1(C)C. The van der Waals surface area contributed by atoms with Gasteiger partial charge in [-0.2, -0.15) is 0 Å². The van der Waals surface area contributed by atoms with Crippen molar-refractivity contribution in [2.45, 2.75) is 113 Å². The molecule has 2 atom stereocenters. The van der Waals surface area contributed by atoms with Crippen molar-refractivity contribution in [3.05, 3.63) is 130 Å². The molecule has 0 unspecified atom stereocenters. The van der Waals surface area contributed by atoms with Crippen LogP contribution in [0.1, 0.15) is 101 Å². The normalized spacial score (nSPS) is 20.1. The van der Waals surface area contributed by atoms with Gasteiger partial charge in [-0.1, -0.05) is 138 Å². The van der Waals surface area contributed by atoms with E-state index in [-0.39, 0.29) is 5.41 Å². The number of hydrogen-bond donors (Lipinski definition) is 2. The van der Waals surface area contributed by atoms with E-state index in [2.05, 4.69) is 102 Å². The van der Waals surface area contributed by atoms with Crippen molar-refractivity contribution in [1.29, 1.82) is 0 Å². The zero-order valence-corrected chi connectivity index (χ0v) is 28.2. The molecule has 0 radical (unpaired) electrons. The van der Waals surface area contributed by atoms with Crippen LogP contribution in [0.25, 0.3) is 0 Å². The highest BCUT2D eigenvalue weighted by molar-refractivity contribution is 5.37. The molecule has 2 N–H and O–H groups in total. The third-order valence-electron chi connectivity index (χ3n) is 7.70. The van der Waals surface area contributed by atoms with Crippen LogP contribution in [0.5, 0.6) is 0 Å². The Labute approximate surface area is 258 Å². The van der Waals surface area contributed by atoms with Gasteiger partial charge in [0.2, 0.25) is 0 Å². The molecular formula is C40H58O2. The Kier molecular flexibility index (Phi) is 16.4.